The van der Waals surface area contributed by atoms with E-state index >= 15 is 0 Å². The molecule has 0 N–H and O–H groups in total. The van der Waals surface area contributed by atoms with Gasteiger partial charge in [0.05, 0.1) is 0 Å². The first-order valence-electron chi connectivity index (χ1n) is 6.61. The lowest BCUT2D eigenvalue weighted by Crippen LogP contribution is -2.29. The molecule has 2 heteroatoms. The molecule has 19 heavy (non-hydrogen) atoms. The molecule has 0 aliphatic rings. The number of hydrogen-bond acceptors (Lipinski definition) is 2. The summed E-state index contributed by atoms with van der Waals surface area (Å²) in [5, 5.41) is 0.443. The lowest BCUT2D eigenvalue weighted by Gasteiger charge is -2.29. The van der Waals surface area contributed by atoms with Crippen molar-refractivity contribution >= 4 is 11.8 Å². The summed E-state index contributed by atoms with van der Waals surface area (Å²) >= 11 is 1.94. The predicted octanol–water partition coefficient (Wildman–Crippen LogP) is 4.47. The van der Waals surface area contributed by atoms with Crippen molar-refractivity contribution in [2.24, 2.45) is 0 Å². The molecule has 2 atom stereocenters. The third kappa shape index (κ3) is 3.85. The molecule has 2 aromatic carbocycles. The van der Waals surface area contributed by atoms with Crippen LogP contribution in [-0.4, -0.2) is 25.0 Å². The smallest absolute Gasteiger partial charge is 0.0497 e. The Bertz CT molecular complexity index is 481. The van der Waals surface area contributed by atoms with E-state index < -0.39 is 0 Å². The Balaban J connectivity index is 2.25. The highest BCUT2D eigenvalue weighted by Crippen LogP contribution is 2.38. The summed E-state index contributed by atoms with van der Waals surface area (Å²) in [6.45, 7) is 2.29. The highest BCUT2D eigenvalue weighted by Gasteiger charge is 2.21. The summed E-state index contributed by atoms with van der Waals surface area (Å²) in [4.78, 5) is 3.61. The minimum Gasteiger partial charge on any atom is -0.305 e. The van der Waals surface area contributed by atoms with E-state index in [-0.39, 0.29) is 0 Å². The molecule has 0 spiro atoms. The summed E-state index contributed by atoms with van der Waals surface area (Å²) < 4.78 is 0. The zero-order chi connectivity index (χ0) is 13.7. The van der Waals surface area contributed by atoms with E-state index in [1.54, 1.807) is 0 Å². The number of thioether (sulfide) groups is 1. The second kappa shape index (κ2) is 6.78. The van der Waals surface area contributed by atoms with Crippen molar-refractivity contribution in [3.8, 4) is 0 Å². The third-order valence-electron chi connectivity index (χ3n) is 3.39. The average Bonchev–Trinajstić information content (AvgIpc) is 2.46. The van der Waals surface area contributed by atoms with Crippen LogP contribution in [-0.2, 0) is 0 Å². The molecule has 2 unspecified atom stereocenters. The van der Waals surface area contributed by atoms with Crippen LogP contribution < -0.4 is 0 Å². The van der Waals surface area contributed by atoms with Crippen molar-refractivity contribution in [3.63, 3.8) is 0 Å². The van der Waals surface area contributed by atoms with Crippen LogP contribution in [0.5, 0.6) is 0 Å². The molecule has 2 rings (SSSR count). The summed E-state index contributed by atoms with van der Waals surface area (Å²) in [6, 6.07) is 21.9. The second-order valence-corrected chi connectivity index (χ2v) is 6.18. The fraction of sp³-hybridized carbons (Fsp3) is 0.294. The molecule has 0 aliphatic carbocycles. The maximum Gasteiger partial charge on any atom is 0.0497 e. The van der Waals surface area contributed by atoms with Crippen LogP contribution >= 0.6 is 11.8 Å². The van der Waals surface area contributed by atoms with Crippen molar-refractivity contribution < 1.29 is 0 Å². The molecule has 0 saturated carbocycles. The molecule has 0 amide bonds. The SMILES string of the molecule is CC(C(Sc1ccccc1)c1ccccc1)N(C)C. The molecule has 2 aromatic rings. The van der Waals surface area contributed by atoms with Gasteiger partial charge in [-0.25, -0.2) is 0 Å². The van der Waals surface area contributed by atoms with E-state index in [0.29, 0.717) is 11.3 Å². The number of rotatable bonds is 5. The van der Waals surface area contributed by atoms with Crippen molar-refractivity contribution in [2.45, 2.75) is 23.1 Å². The molecule has 0 aliphatic heterocycles. The van der Waals surface area contributed by atoms with Gasteiger partial charge in [-0.05, 0) is 38.7 Å². The van der Waals surface area contributed by atoms with E-state index in [2.05, 4.69) is 86.6 Å². The summed E-state index contributed by atoms with van der Waals surface area (Å²) in [6.07, 6.45) is 0. The van der Waals surface area contributed by atoms with Gasteiger partial charge in [-0.1, -0.05) is 48.5 Å². The van der Waals surface area contributed by atoms with Gasteiger partial charge >= 0.3 is 0 Å². The monoisotopic (exact) mass is 271 g/mol. The quantitative estimate of drug-likeness (QED) is 0.738. The zero-order valence-electron chi connectivity index (χ0n) is 11.8. The molecule has 100 valence electrons. The molecule has 0 fully saturated rings. The molecular weight excluding hydrogens is 250 g/mol. The van der Waals surface area contributed by atoms with Crippen LogP contribution in [0.3, 0.4) is 0 Å². The molecule has 0 saturated heterocycles. The highest BCUT2D eigenvalue weighted by molar-refractivity contribution is 7.99. The van der Waals surface area contributed by atoms with Crippen molar-refractivity contribution in [1.29, 1.82) is 0 Å². The molecule has 0 bridgehead atoms. The van der Waals surface area contributed by atoms with Gasteiger partial charge in [-0.15, -0.1) is 11.8 Å². The number of nitrogens with zero attached hydrogens (tertiary/aromatic N) is 1. The number of likely N-dealkylation sites (N-methyl/N-ethyl adjacent to an activating group) is 1. The first kappa shape index (κ1) is 14.2. The molecular formula is C17H21NS. The number of benzene rings is 2. The number of hydrogen-bond donors (Lipinski definition) is 0. The molecule has 0 radical (unpaired) electrons. The van der Waals surface area contributed by atoms with Gasteiger partial charge in [0.25, 0.3) is 0 Å². The minimum absolute atomic E-state index is 0.443. The Morgan fingerprint density at radius 1 is 0.842 bits per heavy atom. The van der Waals surface area contributed by atoms with Gasteiger partial charge in [0, 0.05) is 16.2 Å². The van der Waals surface area contributed by atoms with Crippen LogP contribution in [0, 0.1) is 0 Å². The van der Waals surface area contributed by atoms with Crippen molar-refractivity contribution in [3.05, 3.63) is 66.2 Å². The van der Waals surface area contributed by atoms with E-state index in [1.807, 2.05) is 11.8 Å². The summed E-state index contributed by atoms with van der Waals surface area (Å²) in [5.41, 5.74) is 1.39. The molecule has 0 aromatic heterocycles. The van der Waals surface area contributed by atoms with E-state index in [4.69, 9.17) is 0 Å². The van der Waals surface area contributed by atoms with Crippen LogP contribution in [0.15, 0.2) is 65.6 Å². The van der Waals surface area contributed by atoms with Crippen molar-refractivity contribution in [1.82, 2.24) is 4.90 Å². The van der Waals surface area contributed by atoms with Crippen LogP contribution in [0.4, 0.5) is 0 Å². The van der Waals surface area contributed by atoms with Gasteiger partial charge in [-0.3, -0.25) is 0 Å². The minimum atomic E-state index is 0.443. The molecule has 1 nitrogen and oxygen atoms in total. The third-order valence-corrected chi connectivity index (χ3v) is 4.85. The van der Waals surface area contributed by atoms with Gasteiger partial charge in [0.2, 0.25) is 0 Å². The van der Waals surface area contributed by atoms with Gasteiger partial charge in [0.15, 0.2) is 0 Å². The standard InChI is InChI=1S/C17H21NS/c1-14(18(2)3)17(15-10-6-4-7-11-15)19-16-12-8-5-9-13-16/h4-14,17H,1-3H3. The first-order valence-corrected chi connectivity index (χ1v) is 7.49. The van der Waals surface area contributed by atoms with Crippen LogP contribution in [0.1, 0.15) is 17.7 Å². The Labute approximate surface area is 120 Å². The largest absolute Gasteiger partial charge is 0.305 e. The fourth-order valence-corrected chi connectivity index (χ4v) is 3.35. The average molecular weight is 271 g/mol. The van der Waals surface area contributed by atoms with Crippen LogP contribution in [0.25, 0.3) is 0 Å². The van der Waals surface area contributed by atoms with Gasteiger partial charge in [-0.2, -0.15) is 0 Å². The second-order valence-electron chi connectivity index (χ2n) is 4.97. The Morgan fingerprint density at radius 2 is 1.37 bits per heavy atom. The maximum atomic E-state index is 2.29. The fourth-order valence-electron chi connectivity index (χ4n) is 2.00. The molecule has 0 heterocycles. The van der Waals surface area contributed by atoms with Gasteiger partial charge in [0.1, 0.15) is 0 Å². The topological polar surface area (TPSA) is 3.24 Å². The van der Waals surface area contributed by atoms with E-state index in [1.165, 1.54) is 10.5 Å². The van der Waals surface area contributed by atoms with Crippen LogP contribution in [0.2, 0.25) is 0 Å². The lowest BCUT2D eigenvalue weighted by atomic mass is 10.1. The highest BCUT2D eigenvalue weighted by atomic mass is 32.2. The first-order chi connectivity index (χ1) is 9.18. The normalized spacial score (nSPS) is 14.3. The Hall–Kier alpha value is -1.25. The van der Waals surface area contributed by atoms with Gasteiger partial charge < -0.3 is 4.90 Å². The summed E-state index contributed by atoms with van der Waals surface area (Å²) in [7, 11) is 4.29. The maximum absolute atomic E-state index is 2.29. The van der Waals surface area contributed by atoms with E-state index in [9.17, 15) is 0 Å². The zero-order valence-corrected chi connectivity index (χ0v) is 12.6. The summed E-state index contributed by atoms with van der Waals surface area (Å²) in [5.74, 6) is 0. The Morgan fingerprint density at radius 3 is 1.89 bits per heavy atom. The Kier molecular flexibility index (Phi) is 5.06. The van der Waals surface area contributed by atoms with E-state index in [0.717, 1.165) is 0 Å². The van der Waals surface area contributed by atoms with Crippen molar-refractivity contribution in [2.75, 3.05) is 14.1 Å². The lowest BCUT2D eigenvalue weighted by molar-refractivity contribution is 0.308. The predicted molar refractivity (Wildman–Crippen MR) is 84.6 cm³/mol.